The zero-order valence-electron chi connectivity index (χ0n) is 13.2. The molecule has 2 saturated carbocycles. The molecule has 21 heavy (non-hydrogen) atoms. The minimum Gasteiger partial charge on any atom is -0.458 e. The van der Waals surface area contributed by atoms with Crippen LogP contribution < -0.4 is 5.73 Å². The Morgan fingerprint density at radius 2 is 2.14 bits per heavy atom. The molecular weight excluding hydrogens is 262 g/mol. The molecule has 3 nitrogen and oxygen atoms in total. The third kappa shape index (κ3) is 2.10. The first kappa shape index (κ1) is 14.6. The van der Waals surface area contributed by atoms with Crippen LogP contribution in [0.2, 0.25) is 0 Å². The molecule has 2 aliphatic rings. The molecule has 2 aliphatic carbocycles. The van der Waals surface area contributed by atoms with Crippen molar-refractivity contribution in [3.05, 3.63) is 35.4 Å². The number of carbonyl (C=O) groups excluding carboxylic acids is 1. The van der Waals surface area contributed by atoms with Gasteiger partial charge in [-0.05, 0) is 48.3 Å². The summed E-state index contributed by atoms with van der Waals surface area (Å²) in [6.07, 6.45) is 3.47. The lowest BCUT2D eigenvalue weighted by molar-refractivity contribution is -0.0242. The molecule has 3 atom stereocenters. The lowest BCUT2D eigenvalue weighted by Gasteiger charge is -2.38. The fourth-order valence-electron chi connectivity index (χ4n) is 4.33. The summed E-state index contributed by atoms with van der Waals surface area (Å²) in [5, 5.41) is 0. The van der Waals surface area contributed by atoms with Crippen LogP contribution in [0.3, 0.4) is 0 Å². The predicted molar refractivity (Wildman–Crippen MR) is 82.8 cm³/mol. The van der Waals surface area contributed by atoms with E-state index in [2.05, 4.69) is 20.8 Å². The van der Waals surface area contributed by atoms with Crippen LogP contribution in [0.4, 0.5) is 0 Å². The molecule has 0 radical (unpaired) electrons. The maximum Gasteiger partial charge on any atom is 0.338 e. The van der Waals surface area contributed by atoms with Gasteiger partial charge in [0.1, 0.15) is 6.10 Å². The molecule has 1 aromatic rings. The second kappa shape index (κ2) is 4.84. The molecule has 0 spiro atoms. The summed E-state index contributed by atoms with van der Waals surface area (Å²) in [6.45, 7) is 7.38. The average Bonchev–Trinajstić information content (AvgIpc) is 2.80. The van der Waals surface area contributed by atoms with Gasteiger partial charge in [-0.3, -0.25) is 0 Å². The van der Waals surface area contributed by atoms with Crippen LogP contribution in [0.5, 0.6) is 0 Å². The maximum atomic E-state index is 12.4. The number of ether oxygens (including phenoxy) is 1. The summed E-state index contributed by atoms with van der Waals surface area (Å²) >= 11 is 0. The number of rotatable bonds is 3. The van der Waals surface area contributed by atoms with Gasteiger partial charge >= 0.3 is 5.97 Å². The molecule has 3 heteroatoms. The number of hydrogen-bond acceptors (Lipinski definition) is 3. The van der Waals surface area contributed by atoms with Crippen molar-refractivity contribution < 1.29 is 9.53 Å². The summed E-state index contributed by atoms with van der Waals surface area (Å²) in [6, 6.07) is 7.44. The van der Waals surface area contributed by atoms with E-state index in [0.29, 0.717) is 18.0 Å². The van der Waals surface area contributed by atoms with Crippen molar-refractivity contribution in [2.45, 2.75) is 52.7 Å². The van der Waals surface area contributed by atoms with E-state index in [-0.39, 0.29) is 22.9 Å². The van der Waals surface area contributed by atoms with Gasteiger partial charge in [-0.2, -0.15) is 0 Å². The quantitative estimate of drug-likeness (QED) is 0.865. The highest BCUT2D eigenvalue weighted by atomic mass is 16.5. The number of esters is 1. The fourth-order valence-corrected chi connectivity index (χ4v) is 4.33. The van der Waals surface area contributed by atoms with Crippen molar-refractivity contribution in [2.75, 3.05) is 0 Å². The van der Waals surface area contributed by atoms with Crippen molar-refractivity contribution in [3.8, 4) is 0 Å². The minimum atomic E-state index is -0.208. The van der Waals surface area contributed by atoms with Crippen molar-refractivity contribution in [2.24, 2.45) is 22.5 Å². The Labute approximate surface area is 126 Å². The standard InChI is InChI=1S/C18H25NO2/c1-17(2)14-7-8-18(17,3)15(10-14)21-16(20)13-6-4-5-12(9-13)11-19/h4-6,9,14-15H,7-8,10-11,19H2,1-3H3. The Hall–Kier alpha value is -1.35. The number of fused-ring (bicyclic) bond motifs is 2. The molecule has 0 aliphatic heterocycles. The number of nitrogens with two attached hydrogens (primary N) is 1. The maximum absolute atomic E-state index is 12.4. The highest BCUT2D eigenvalue weighted by molar-refractivity contribution is 5.89. The Kier molecular flexibility index (Phi) is 3.36. The van der Waals surface area contributed by atoms with Crippen molar-refractivity contribution in [1.29, 1.82) is 0 Å². The molecule has 0 aromatic heterocycles. The van der Waals surface area contributed by atoms with E-state index in [0.717, 1.165) is 18.4 Å². The van der Waals surface area contributed by atoms with Gasteiger partial charge in [-0.15, -0.1) is 0 Å². The Morgan fingerprint density at radius 1 is 1.38 bits per heavy atom. The molecule has 114 valence electrons. The average molecular weight is 287 g/mol. The largest absolute Gasteiger partial charge is 0.458 e. The van der Waals surface area contributed by atoms with Crippen LogP contribution in [-0.4, -0.2) is 12.1 Å². The van der Waals surface area contributed by atoms with Crippen molar-refractivity contribution >= 4 is 5.97 Å². The first-order valence-corrected chi connectivity index (χ1v) is 7.88. The lowest BCUT2D eigenvalue weighted by atomic mass is 9.70. The zero-order valence-corrected chi connectivity index (χ0v) is 13.2. The highest BCUT2D eigenvalue weighted by Crippen LogP contribution is 2.66. The van der Waals surface area contributed by atoms with Gasteiger partial charge < -0.3 is 10.5 Å². The number of hydrogen-bond donors (Lipinski definition) is 1. The van der Waals surface area contributed by atoms with E-state index < -0.39 is 0 Å². The van der Waals surface area contributed by atoms with Gasteiger partial charge in [-0.1, -0.05) is 32.9 Å². The molecule has 3 rings (SSSR count). The van der Waals surface area contributed by atoms with E-state index >= 15 is 0 Å². The van der Waals surface area contributed by atoms with E-state index in [4.69, 9.17) is 10.5 Å². The molecule has 3 unspecified atom stereocenters. The summed E-state index contributed by atoms with van der Waals surface area (Å²) in [5.74, 6) is 0.468. The van der Waals surface area contributed by atoms with Crippen LogP contribution >= 0.6 is 0 Å². The number of benzene rings is 1. The first-order chi connectivity index (χ1) is 9.88. The second-order valence-corrected chi connectivity index (χ2v) is 7.41. The van der Waals surface area contributed by atoms with Gasteiger partial charge in [-0.25, -0.2) is 4.79 Å². The minimum absolute atomic E-state index is 0.0419. The van der Waals surface area contributed by atoms with E-state index in [1.165, 1.54) is 6.42 Å². The normalized spacial score (nSPS) is 33.1. The topological polar surface area (TPSA) is 52.3 Å². The summed E-state index contributed by atoms with van der Waals surface area (Å²) in [7, 11) is 0. The fraction of sp³-hybridized carbons (Fsp3) is 0.611. The third-order valence-corrected chi connectivity index (χ3v) is 6.36. The second-order valence-electron chi connectivity index (χ2n) is 7.41. The molecule has 1 aromatic carbocycles. The van der Waals surface area contributed by atoms with Crippen LogP contribution in [-0.2, 0) is 11.3 Å². The van der Waals surface area contributed by atoms with Crippen LogP contribution in [0.1, 0.15) is 56.0 Å². The van der Waals surface area contributed by atoms with Gasteiger partial charge in [0, 0.05) is 12.0 Å². The van der Waals surface area contributed by atoms with Crippen LogP contribution in [0.15, 0.2) is 24.3 Å². The first-order valence-electron chi connectivity index (χ1n) is 7.88. The zero-order chi connectivity index (χ0) is 15.3. The Balaban J connectivity index is 1.77. The van der Waals surface area contributed by atoms with E-state index in [1.807, 2.05) is 24.3 Å². The summed E-state index contributed by atoms with van der Waals surface area (Å²) in [4.78, 5) is 12.4. The molecule has 2 N–H and O–H groups in total. The molecule has 2 bridgehead atoms. The van der Waals surface area contributed by atoms with Gasteiger partial charge in [0.25, 0.3) is 0 Å². The summed E-state index contributed by atoms with van der Waals surface area (Å²) < 4.78 is 5.89. The van der Waals surface area contributed by atoms with E-state index in [9.17, 15) is 4.79 Å². The van der Waals surface area contributed by atoms with E-state index in [1.54, 1.807) is 0 Å². The molecule has 0 saturated heterocycles. The van der Waals surface area contributed by atoms with Crippen molar-refractivity contribution in [3.63, 3.8) is 0 Å². The van der Waals surface area contributed by atoms with Gasteiger partial charge in [0.05, 0.1) is 5.56 Å². The lowest BCUT2D eigenvalue weighted by Crippen LogP contribution is -2.38. The van der Waals surface area contributed by atoms with Crippen molar-refractivity contribution in [1.82, 2.24) is 0 Å². The Bertz CT molecular complexity index is 566. The predicted octanol–water partition coefficient (Wildman–Crippen LogP) is 3.52. The number of carbonyl (C=O) groups is 1. The third-order valence-electron chi connectivity index (χ3n) is 6.36. The SMILES string of the molecule is CC1(C)C2CCC1(C)C(OC(=O)c1cccc(CN)c1)C2. The smallest absolute Gasteiger partial charge is 0.338 e. The monoisotopic (exact) mass is 287 g/mol. The molecule has 0 heterocycles. The van der Waals surface area contributed by atoms with Gasteiger partial charge in [0.15, 0.2) is 0 Å². The van der Waals surface area contributed by atoms with Crippen LogP contribution in [0.25, 0.3) is 0 Å². The molecule has 0 amide bonds. The molecular formula is C18H25NO2. The summed E-state index contributed by atoms with van der Waals surface area (Å²) in [5.41, 5.74) is 7.58. The Morgan fingerprint density at radius 3 is 2.71 bits per heavy atom. The van der Waals surface area contributed by atoms with Crippen LogP contribution in [0, 0.1) is 16.7 Å². The highest BCUT2D eigenvalue weighted by Gasteiger charge is 2.62. The molecule has 2 fully saturated rings. The van der Waals surface area contributed by atoms with Gasteiger partial charge in [0.2, 0.25) is 0 Å².